The minimum absolute atomic E-state index is 0.0114. The fourth-order valence-electron chi connectivity index (χ4n) is 1.54. The predicted molar refractivity (Wildman–Crippen MR) is 57.5 cm³/mol. The molecular weight excluding hydrogens is 192 g/mol. The maximum atomic E-state index is 10.6. The van der Waals surface area contributed by atoms with Crippen molar-refractivity contribution in [3.05, 3.63) is 36.0 Å². The topological polar surface area (TPSA) is 76.2 Å². The van der Waals surface area contributed by atoms with Crippen molar-refractivity contribution in [1.29, 1.82) is 0 Å². The van der Waals surface area contributed by atoms with Crippen LogP contribution in [0.2, 0.25) is 0 Å². The fraction of sp³-hybridized carbons (Fsp3) is 0.0909. The van der Waals surface area contributed by atoms with E-state index >= 15 is 0 Å². The van der Waals surface area contributed by atoms with Crippen molar-refractivity contribution in [2.75, 3.05) is 5.73 Å². The summed E-state index contributed by atoms with van der Waals surface area (Å²) in [6.45, 7) is 0. The Balaban J connectivity index is 2.63. The van der Waals surface area contributed by atoms with Crippen LogP contribution in [0.1, 0.15) is 5.56 Å². The molecule has 0 aliphatic carbocycles. The number of pyridine rings is 1. The zero-order valence-corrected chi connectivity index (χ0v) is 7.97. The van der Waals surface area contributed by atoms with E-state index in [1.54, 1.807) is 24.4 Å². The first kappa shape index (κ1) is 9.45. The van der Waals surface area contributed by atoms with E-state index in [1.807, 2.05) is 6.07 Å². The normalized spacial score (nSPS) is 10.4. The second-order valence-electron chi connectivity index (χ2n) is 3.32. The molecule has 2 rings (SSSR count). The lowest BCUT2D eigenvalue weighted by molar-refractivity contribution is -0.136. The molecule has 0 unspecified atom stereocenters. The Hall–Kier alpha value is -2.10. The molecule has 76 valence electrons. The average Bonchev–Trinajstić information content (AvgIpc) is 2.18. The van der Waals surface area contributed by atoms with Gasteiger partial charge in [0.1, 0.15) is 0 Å². The molecule has 0 aliphatic heterocycles. The smallest absolute Gasteiger partial charge is 0.307 e. The number of carboxylic acid groups (broad SMARTS) is 1. The Morgan fingerprint density at radius 1 is 1.47 bits per heavy atom. The molecule has 2 aromatic rings. The number of hydrogen-bond donors (Lipinski definition) is 2. The summed E-state index contributed by atoms with van der Waals surface area (Å²) in [6, 6.07) is 7.15. The van der Waals surface area contributed by atoms with Gasteiger partial charge in [0.15, 0.2) is 0 Å². The van der Waals surface area contributed by atoms with E-state index in [0.29, 0.717) is 5.69 Å². The Kier molecular flexibility index (Phi) is 2.25. The summed E-state index contributed by atoms with van der Waals surface area (Å²) in [4.78, 5) is 14.8. The first-order valence-corrected chi connectivity index (χ1v) is 4.52. The molecule has 0 amide bonds. The van der Waals surface area contributed by atoms with Gasteiger partial charge in [0.25, 0.3) is 0 Å². The highest BCUT2D eigenvalue weighted by Gasteiger charge is 2.05. The number of aliphatic carboxylic acids is 1. The number of nitrogens with zero attached hydrogens (tertiary/aromatic N) is 1. The summed E-state index contributed by atoms with van der Waals surface area (Å²) in [5.74, 6) is -0.857. The van der Waals surface area contributed by atoms with Crippen molar-refractivity contribution in [2.24, 2.45) is 0 Å². The van der Waals surface area contributed by atoms with Gasteiger partial charge in [0.05, 0.1) is 23.8 Å². The van der Waals surface area contributed by atoms with Gasteiger partial charge in [-0.1, -0.05) is 12.1 Å². The summed E-state index contributed by atoms with van der Waals surface area (Å²) in [5, 5.41) is 9.55. The van der Waals surface area contributed by atoms with Gasteiger partial charge in [-0.3, -0.25) is 9.78 Å². The zero-order chi connectivity index (χ0) is 10.8. The van der Waals surface area contributed by atoms with E-state index in [0.717, 1.165) is 16.5 Å². The predicted octanol–water partition coefficient (Wildman–Crippen LogP) is 1.44. The zero-order valence-electron chi connectivity index (χ0n) is 7.97. The summed E-state index contributed by atoms with van der Waals surface area (Å²) in [5.41, 5.74) is 7.66. The number of nitrogens with two attached hydrogens (primary N) is 1. The van der Waals surface area contributed by atoms with E-state index in [1.165, 1.54) is 0 Å². The van der Waals surface area contributed by atoms with E-state index in [4.69, 9.17) is 10.8 Å². The van der Waals surface area contributed by atoms with Crippen molar-refractivity contribution in [1.82, 2.24) is 4.98 Å². The van der Waals surface area contributed by atoms with Gasteiger partial charge in [-0.05, 0) is 17.7 Å². The van der Waals surface area contributed by atoms with Crippen LogP contribution in [-0.4, -0.2) is 16.1 Å². The molecule has 0 fully saturated rings. The molecule has 0 saturated heterocycles. The van der Waals surface area contributed by atoms with Crippen LogP contribution in [0.25, 0.3) is 10.9 Å². The highest BCUT2D eigenvalue weighted by molar-refractivity contribution is 5.87. The van der Waals surface area contributed by atoms with E-state index in [9.17, 15) is 4.79 Å². The average molecular weight is 202 g/mol. The van der Waals surface area contributed by atoms with Gasteiger partial charge < -0.3 is 10.8 Å². The third-order valence-corrected chi connectivity index (χ3v) is 2.18. The monoisotopic (exact) mass is 202 g/mol. The maximum Gasteiger partial charge on any atom is 0.307 e. The standard InChI is InChI=1S/C11H10N2O2/c12-8-5-9-7(4-11(14)15)2-1-3-10(9)13-6-8/h1-3,5-6H,4,12H2,(H,14,15). The molecule has 1 aromatic carbocycles. The highest BCUT2D eigenvalue weighted by atomic mass is 16.4. The molecular formula is C11H10N2O2. The highest BCUT2D eigenvalue weighted by Crippen LogP contribution is 2.19. The van der Waals surface area contributed by atoms with Crippen LogP contribution < -0.4 is 5.73 Å². The van der Waals surface area contributed by atoms with Crippen LogP contribution in [0.3, 0.4) is 0 Å². The Morgan fingerprint density at radius 2 is 2.27 bits per heavy atom. The van der Waals surface area contributed by atoms with Crippen LogP contribution in [0.5, 0.6) is 0 Å². The second-order valence-corrected chi connectivity index (χ2v) is 3.32. The van der Waals surface area contributed by atoms with Crippen molar-refractivity contribution in [3.63, 3.8) is 0 Å². The number of benzene rings is 1. The van der Waals surface area contributed by atoms with Crippen LogP contribution in [0.4, 0.5) is 5.69 Å². The summed E-state index contributed by atoms with van der Waals surface area (Å²) >= 11 is 0. The maximum absolute atomic E-state index is 10.6. The van der Waals surface area contributed by atoms with E-state index < -0.39 is 5.97 Å². The number of anilines is 1. The van der Waals surface area contributed by atoms with Crippen LogP contribution in [0.15, 0.2) is 30.5 Å². The van der Waals surface area contributed by atoms with E-state index in [2.05, 4.69) is 4.98 Å². The number of hydrogen-bond acceptors (Lipinski definition) is 3. The SMILES string of the molecule is Nc1cnc2cccc(CC(=O)O)c2c1. The molecule has 0 spiro atoms. The lowest BCUT2D eigenvalue weighted by atomic mass is 10.1. The lowest BCUT2D eigenvalue weighted by Crippen LogP contribution is -2.01. The number of fused-ring (bicyclic) bond motifs is 1. The molecule has 15 heavy (non-hydrogen) atoms. The van der Waals surface area contributed by atoms with Gasteiger partial charge in [-0.15, -0.1) is 0 Å². The number of carboxylic acids is 1. The molecule has 4 nitrogen and oxygen atoms in total. The first-order chi connectivity index (χ1) is 7.16. The molecule has 0 aliphatic rings. The summed E-state index contributed by atoms with van der Waals surface area (Å²) in [6.07, 6.45) is 1.55. The summed E-state index contributed by atoms with van der Waals surface area (Å²) in [7, 11) is 0. The van der Waals surface area contributed by atoms with Crippen LogP contribution in [-0.2, 0) is 11.2 Å². The molecule has 0 atom stereocenters. The first-order valence-electron chi connectivity index (χ1n) is 4.52. The molecule has 1 aromatic heterocycles. The van der Waals surface area contributed by atoms with Gasteiger partial charge in [0.2, 0.25) is 0 Å². The van der Waals surface area contributed by atoms with Crippen molar-refractivity contribution < 1.29 is 9.90 Å². The van der Waals surface area contributed by atoms with Gasteiger partial charge in [-0.2, -0.15) is 0 Å². The number of aromatic nitrogens is 1. The third kappa shape index (κ3) is 1.88. The van der Waals surface area contributed by atoms with Crippen molar-refractivity contribution in [3.8, 4) is 0 Å². The Labute approximate surface area is 86.4 Å². The quantitative estimate of drug-likeness (QED) is 0.772. The third-order valence-electron chi connectivity index (χ3n) is 2.18. The minimum atomic E-state index is -0.857. The largest absolute Gasteiger partial charge is 0.481 e. The number of carbonyl (C=O) groups is 1. The van der Waals surface area contributed by atoms with Gasteiger partial charge in [0, 0.05) is 5.39 Å². The molecule has 0 radical (unpaired) electrons. The lowest BCUT2D eigenvalue weighted by Gasteiger charge is -2.04. The summed E-state index contributed by atoms with van der Waals surface area (Å²) < 4.78 is 0. The second kappa shape index (κ2) is 3.57. The van der Waals surface area contributed by atoms with Crippen LogP contribution in [0, 0.1) is 0 Å². The molecule has 0 bridgehead atoms. The van der Waals surface area contributed by atoms with Gasteiger partial charge in [-0.25, -0.2) is 0 Å². The molecule has 0 saturated carbocycles. The van der Waals surface area contributed by atoms with Crippen molar-refractivity contribution in [2.45, 2.75) is 6.42 Å². The molecule has 4 heteroatoms. The van der Waals surface area contributed by atoms with Crippen LogP contribution >= 0.6 is 0 Å². The molecule has 3 N–H and O–H groups in total. The Bertz CT molecular complexity index is 523. The Morgan fingerprint density at radius 3 is 3.00 bits per heavy atom. The van der Waals surface area contributed by atoms with Crippen molar-refractivity contribution >= 4 is 22.6 Å². The fourth-order valence-corrected chi connectivity index (χ4v) is 1.54. The minimum Gasteiger partial charge on any atom is -0.481 e. The van der Waals surface area contributed by atoms with E-state index in [-0.39, 0.29) is 6.42 Å². The molecule has 1 heterocycles. The van der Waals surface area contributed by atoms with Gasteiger partial charge >= 0.3 is 5.97 Å². The number of nitrogen functional groups attached to an aromatic ring is 1. The number of rotatable bonds is 2.